The third kappa shape index (κ3) is 9.38. The average Bonchev–Trinajstić information content (AvgIpc) is 3.42. The normalized spacial score (nSPS) is 15.2. The second-order valence-corrected chi connectivity index (χ2v) is 14.8. The number of rotatable bonds is 13. The molecule has 2 unspecified atom stereocenters. The number of amides is 3. The van der Waals surface area contributed by atoms with Crippen LogP contribution in [0.1, 0.15) is 29.8 Å². The van der Waals surface area contributed by atoms with Crippen molar-refractivity contribution in [2.24, 2.45) is 25.6 Å². The van der Waals surface area contributed by atoms with E-state index in [4.69, 9.17) is 4.74 Å². The number of benzene rings is 4. The molecule has 2 atom stereocenters. The minimum atomic E-state index is -5.00. The number of anilines is 3. The summed E-state index contributed by atoms with van der Waals surface area (Å²) in [4.78, 5) is 50.1. The van der Waals surface area contributed by atoms with Gasteiger partial charge < -0.3 is 15.4 Å². The van der Waals surface area contributed by atoms with Crippen molar-refractivity contribution in [1.82, 2.24) is 0 Å². The van der Waals surface area contributed by atoms with Crippen LogP contribution >= 0.6 is 0 Å². The molecule has 0 radical (unpaired) electrons. The lowest BCUT2D eigenvalue weighted by Crippen LogP contribution is -2.32. The molecule has 56 heavy (non-hydrogen) atoms. The first-order chi connectivity index (χ1) is 26.4. The van der Waals surface area contributed by atoms with Gasteiger partial charge in [-0.1, -0.05) is 18.2 Å². The Morgan fingerprint density at radius 1 is 0.857 bits per heavy atom. The molecule has 5 rings (SSSR count). The highest BCUT2D eigenvalue weighted by molar-refractivity contribution is 7.86. The van der Waals surface area contributed by atoms with Crippen LogP contribution in [0.15, 0.2) is 120 Å². The molecule has 0 aliphatic carbocycles. The zero-order valence-corrected chi connectivity index (χ0v) is 31.4. The fraction of sp³-hybridized carbons (Fsp3) is 0.171. The van der Waals surface area contributed by atoms with Crippen molar-refractivity contribution in [2.75, 3.05) is 22.8 Å². The number of para-hydroxylation sites is 1. The SMILES string of the molecule is COc1cc(S(=O)(=O)O)c(C)cc1NC(=O)C(/N=N/c1ccc(NC(=O)c2ccc(/N=N/C3C(=O)N(c4ccccc4)N=C3C)cc2)cc1S(=O)(=O)O)C(C)=O. The third-order valence-corrected chi connectivity index (χ3v) is 9.84. The Morgan fingerprint density at radius 3 is 2.12 bits per heavy atom. The molecular weight excluding hydrogens is 773 g/mol. The van der Waals surface area contributed by atoms with Gasteiger partial charge in [-0.15, -0.1) is 0 Å². The number of Topliss-reactive ketones (excluding diaryl/α,β-unsaturated/α-hetero) is 1. The number of ketones is 1. The first-order valence-corrected chi connectivity index (χ1v) is 19.0. The highest BCUT2D eigenvalue weighted by Gasteiger charge is 2.34. The van der Waals surface area contributed by atoms with Crippen molar-refractivity contribution in [3.05, 3.63) is 96.1 Å². The Labute approximate surface area is 319 Å². The van der Waals surface area contributed by atoms with Crippen molar-refractivity contribution in [1.29, 1.82) is 0 Å². The summed E-state index contributed by atoms with van der Waals surface area (Å²) in [6.07, 6.45) is 0. The number of hydrazone groups is 1. The minimum Gasteiger partial charge on any atom is -0.495 e. The Kier molecular flexibility index (Phi) is 11.9. The maximum atomic E-state index is 13.1. The Hall–Kier alpha value is -6.55. The van der Waals surface area contributed by atoms with Gasteiger partial charge in [0.15, 0.2) is 11.8 Å². The number of ether oxygens (including phenoxy) is 1. The zero-order valence-electron chi connectivity index (χ0n) is 29.8. The number of azo groups is 2. The molecule has 21 heteroatoms. The summed E-state index contributed by atoms with van der Waals surface area (Å²) in [5.41, 5.74) is 0.860. The number of nitrogens with zero attached hydrogens (tertiary/aromatic N) is 6. The molecule has 19 nitrogen and oxygen atoms in total. The van der Waals surface area contributed by atoms with Crippen LogP contribution in [0, 0.1) is 6.92 Å². The lowest BCUT2D eigenvalue weighted by Gasteiger charge is -2.15. The van der Waals surface area contributed by atoms with Crippen LogP contribution < -0.4 is 20.4 Å². The van der Waals surface area contributed by atoms with Gasteiger partial charge in [0.05, 0.1) is 29.9 Å². The third-order valence-electron chi connectivity index (χ3n) is 7.96. The number of hydrogen-bond donors (Lipinski definition) is 4. The molecule has 3 amide bonds. The van der Waals surface area contributed by atoms with Crippen molar-refractivity contribution in [3.63, 3.8) is 0 Å². The van der Waals surface area contributed by atoms with E-state index in [-0.39, 0.29) is 34.2 Å². The smallest absolute Gasteiger partial charge is 0.296 e. The summed E-state index contributed by atoms with van der Waals surface area (Å²) in [7, 11) is -8.47. The standard InChI is InChI=1S/C35H32N8O11S2/c1-19-16-27(28(54-4)18-29(19)55(48,49)50)37-34(46)32(21(3)44)41-39-26-15-14-24(17-30(26)56(51,52)53)36-33(45)22-10-12-23(13-11-22)38-40-31-20(2)42-43(35(31)47)25-8-6-5-7-9-25/h5-18,31-32H,1-4H3,(H,36,45)(H,37,46)(H,48,49,50)(H,51,52,53)/b40-38+,41-39+. The largest absolute Gasteiger partial charge is 0.495 e. The molecule has 0 spiro atoms. The van der Waals surface area contributed by atoms with E-state index in [2.05, 4.69) is 36.2 Å². The van der Waals surface area contributed by atoms with Gasteiger partial charge in [0.2, 0.25) is 6.04 Å². The van der Waals surface area contributed by atoms with E-state index in [1.807, 2.05) is 6.07 Å². The Morgan fingerprint density at radius 2 is 1.52 bits per heavy atom. The molecule has 0 fully saturated rings. The van der Waals surface area contributed by atoms with Gasteiger partial charge in [-0.3, -0.25) is 28.3 Å². The number of methoxy groups -OCH3 is 1. The predicted molar refractivity (Wildman–Crippen MR) is 201 cm³/mol. The summed E-state index contributed by atoms with van der Waals surface area (Å²) in [6, 6.07) is 17.1. The van der Waals surface area contributed by atoms with E-state index in [9.17, 15) is 45.1 Å². The minimum absolute atomic E-state index is 0.0356. The molecule has 1 heterocycles. The van der Waals surface area contributed by atoms with Crippen LogP contribution in [-0.2, 0) is 34.6 Å². The van der Waals surface area contributed by atoms with Crippen LogP contribution in [0.5, 0.6) is 5.75 Å². The lowest BCUT2D eigenvalue weighted by molar-refractivity contribution is -0.126. The van der Waals surface area contributed by atoms with E-state index in [0.717, 1.165) is 25.1 Å². The van der Waals surface area contributed by atoms with E-state index in [1.165, 1.54) is 55.4 Å². The maximum absolute atomic E-state index is 13.1. The summed E-state index contributed by atoms with van der Waals surface area (Å²) in [5, 5.41) is 26.0. The average molecular weight is 805 g/mol. The predicted octanol–water partition coefficient (Wildman–Crippen LogP) is 5.30. The van der Waals surface area contributed by atoms with E-state index >= 15 is 0 Å². The molecular formula is C35H32N8O11S2. The van der Waals surface area contributed by atoms with Crippen molar-refractivity contribution in [3.8, 4) is 5.75 Å². The van der Waals surface area contributed by atoms with Crippen molar-refractivity contribution >= 4 is 77.9 Å². The number of carbonyl (C=O) groups is 4. The van der Waals surface area contributed by atoms with Crippen molar-refractivity contribution < 1.29 is 49.9 Å². The van der Waals surface area contributed by atoms with Gasteiger partial charge in [-0.25, -0.2) is 0 Å². The Balaban J connectivity index is 1.28. The van der Waals surface area contributed by atoms with Crippen molar-refractivity contribution in [2.45, 2.75) is 42.6 Å². The van der Waals surface area contributed by atoms with Gasteiger partial charge in [0.1, 0.15) is 21.2 Å². The van der Waals surface area contributed by atoms with E-state index in [1.54, 1.807) is 31.2 Å². The topological polar surface area (TPSA) is 275 Å². The molecule has 0 aromatic heterocycles. The number of hydrogen-bond acceptors (Lipinski definition) is 14. The molecule has 4 N–H and O–H groups in total. The van der Waals surface area contributed by atoms with E-state index in [0.29, 0.717) is 17.1 Å². The molecule has 4 aromatic rings. The maximum Gasteiger partial charge on any atom is 0.296 e. The van der Waals surface area contributed by atoms with Crippen LogP contribution in [0.3, 0.4) is 0 Å². The molecule has 4 aromatic carbocycles. The van der Waals surface area contributed by atoms with Crippen LogP contribution in [0.25, 0.3) is 0 Å². The monoisotopic (exact) mass is 804 g/mol. The summed E-state index contributed by atoms with van der Waals surface area (Å²) >= 11 is 0. The highest BCUT2D eigenvalue weighted by Crippen LogP contribution is 2.32. The van der Waals surface area contributed by atoms with Crippen LogP contribution in [0.4, 0.5) is 28.4 Å². The van der Waals surface area contributed by atoms with Gasteiger partial charge >= 0.3 is 0 Å². The molecule has 1 aliphatic heterocycles. The molecule has 0 saturated carbocycles. The van der Waals surface area contributed by atoms with E-state index < -0.39 is 65.4 Å². The van der Waals surface area contributed by atoms with Gasteiger partial charge in [-0.05, 0) is 87.0 Å². The first-order valence-electron chi connectivity index (χ1n) is 16.1. The number of nitrogens with one attached hydrogen (secondary N) is 2. The zero-order chi connectivity index (χ0) is 40.9. The fourth-order valence-electron chi connectivity index (χ4n) is 5.18. The van der Waals surface area contributed by atoms with Gasteiger partial charge in [0, 0.05) is 17.3 Å². The lowest BCUT2D eigenvalue weighted by atomic mass is 10.1. The molecule has 290 valence electrons. The second kappa shape index (κ2) is 16.4. The quantitative estimate of drug-likeness (QED) is 0.0764. The molecule has 1 aliphatic rings. The molecule has 0 bridgehead atoms. The second-order valence-electron chi connectivity index (χ2n) is 12.0. The summed E-state index contributed by atoms with van der Waals surface area (Å²) < 4.78 is 72.5. The summed E-state index contributed by atoms with van der Waals surface area (Å²) in [5.74, 6) is -3.13. The molecule has 0 saturated heterocycles. The number of carbonyl (C=O) groups excluding carboxylic acids is 4. The van der Waals surface area contributed by atoms with Gasteiger partial charge in [-0.2, -0.15) is 47.4 Å². The van der Waals surface area contributed by atoms with Crippen LogP contribution in [-0.4, -0.2) is 74.4 Å². The van der Waals surface area contributed by atoms with Gasteiger partial charge in [0.25, 0.3) is 38.0 Å². The summed E-state index contributed by atoms with van der Waals surface area (Å²) in [6.45, 7) is 4.01. The fourth-order valence-corrected chi connectivity index (χ4v) is 6.56. The van der Waals surface area contributed by atoms with Crippen LogP contribution in [0.2, 0.25) is 0 Å². The number of aryl methyl sites for hydroxylation is 1. The Bertz CT molecular complexity index is 2540. The highest BCUT2D eigenvalue weighted by atomic mass is 32.2. The first kappa shape index (κ1) is 40.6.